The van der Waals surface area contributed by atoms with E-state index in [1.165, 1.54) is 5.56 Å². The van der Waals surface area contributed by atoms with E-state index in [1.54, 1.807) is 33.9 Å². The average molecular weight is 437 g/mol. The molecule has 5 rings (SSSR count). The van der Waals surface area contributed by atoms with E-state index in [-0.39, 0.29) is 5.41 Å². The summed E-state index contributed by atoms with van der Waals surface area (Å²) in [7, 11) is 0. The first kappa shape index (κ1) is 19.0. The smallest absolute Gasteiger partial charge is 0.182 e. The number of hydrogen-bond acceptors (Lipinski definition) is 4. The van der Waals surface area contributed by atoms with Crippen LogP contribution in [0.3, 0.4) is 0 Å². The van der Waals surface area contributed by atoms with Crippen molar-refractivity contribution in [3.05, 3.63) is 70.6 Å². The average Bonchev–Trinajstić information content (AvgIpc) is 3.33. The Labute approximate surface area is 183 Å². The Hall–Kier alpha value is -2.96. The van der Waals surface area contributed by atoms with Gasteiger partial charge in [-0.2, -0.15) is 5.10 Å². The Kier molecular flexibility index (Phi) is 4.31. The molecule has 8 heteroatoms. The Balaban J connectivity index is 1.61. The largest absolute Gasteiger partial charge is 0.216 e. The highest BCUT2D eigenvalue weighted by molar-refractivity contribution is 6.42. The van der Waals surface area contributed by atoms with Crippen molar-refractivity contribution < 1.29 is 0 Å². The summed E-state index contributed by atoms with van der Waals surface area (Å²) in [5.74, 6) is 0.645. The standard InChI is InChI=1S/C22H18Cl2N6/c1-22(2,3)14-6-4-13(5-7-14)19-27-21-16-11-26-30(20(16)25-12-29(21)28-19)15-8-9-17(23)18(24)10-15/h4-12H,1-3H3. The summed E-state index contributed by atoms with van der Waals surface area (Å²) in [5.41, 5.74) is 4.46. The molecule has 0 radical (unpaired) electrons. The highest BCUT2D eigenvalue weighted by atomic mass is 35.5. The first-order chi connectivity index (χ1) is 14.3. The van der Waals surface area contributed by atoms with Crippen LogP contribution in [-0.2, 0) is 5.41 Å². The summed E-state index contributed by atoms with van der Waals surface area (Å²) >= 11 is 12.2. The van der Waals surface area contributed by atoms with Crippen LogP contribution in [0.4, 0.5) is 0 Å². The highest BCUT2D eigenvalue weighted by Crippen LogP contribution is 2.28. The van der Waals surface area contributed by atoms with Gasteiger partial charge in [0.2, 0.25) is 0 Å². The van der Waals surface area contributed by atoms with E-state index in [1.807, 2.05) is 6.07 Å². The summed E-state index contributed by atoms with van der Waals surface area (Å²) in [6.45, 7) is 6.58. The lowest BCUT2D eigenvalue weighted by molar-refractivity contribution is 0.590. The molecule has 3 heterocycles. The van der Waals surface area contributed by atoms with Gasteiger partial charge in [0.15, 0.2) is 17.1 Å². The van der Waals surface area contributed by atoms with Crippen LogP contribution in [0.1, 0.15) is 26.3 Å². The molecule has 0 spiro atoms. The zero-order chi connectivity index (χ0) is 21.0. The molecule has 150 valence electrons. The van der Waals surface area contributed by atoms with E-state index in [4.69, 9.17) is 28.2 Å². The molecule has 0 saturated heterocycles. The molecule has 0 fully saturated rings. The van der Waals surface area contributed by atoms with Crippen LogP contribution in [0.25, 0.3) is 33.8 Å². The summed E-state index contributed by atoms with van der Waals surface area (Å²) in [6, 6.07) is 13.7. The van der Waals surface area contributed by atoms with Gasteiger partial charge in [0.1, 0.15) is 6.33 Å². The quantitative estimate of drug-likeness (QED) is 0.354. The van der Waals surface area contributed by atoms with Gasteiger partial charge in [0.25, 0.3) is 0 Å². The van der Waals surface area contributed by atoms with Gasteiger partial charge in [0.05, 0.1) is 27.3 Å². The third kappa shape index (κ3) is 3.13. The maximum atomic E-state index is 6.17. The SMILES string of the molecule is CC(C)(C)c1ccc(-c2nc3c4cnn(-c5ccc(Cl)c(Cl)c5)c4ncn3n2)cc1. The normalized spacial score (nSPS) is 12.2. The first-order valence-electron chi connectivity index (χ1n) is 9.47. The van der Waals surface area contributed by atoms with Crippen molar-refractivity contribution in [2.75, 3.05) is 0 Å². The monoisotopic (exact) mass is 436 g/mol. The molecule has 0 aliphatic heterocycles. The summed E-state index contributed by atoms with van der Waals surface area (Å²) in [4.78, 5) is 9.29. The number of halogens is 2. The Bertz CT molecular complexity index is 1390. The van der Waals surface area contributed by atoms with Crippen LogP contribution < -0.4 is 0 Å². The lowest BCUT2D eigenvalue weighted by Crippen LogP contribution is -2.10. The fourth-order valence-corrected chi connectivity index (χ4v) is 3.66. The summed E-state index contributed by atoms with van der Waals surface area (Å²) in [6.07, 6.45) is 3.38. The van der Waals surface area contributed by atoms with E-state index < -0.39 is 0 Å². The van der Waals surface area contributed by atoms with Crippen LogP contribution >= 0.6 is 23.2 Å². The number of rotatable bonds is 2. The van der Waals surface area contributed by atoms with E-state index in [2.05, 4.69) is 60.2 Å². The van der Waals surface area contributed by atoms with E-state index in [0.29, 0.717) is 27.2 Å². The molecule has 5 aromatic rings. The predicted molar refractivity (Wildman–Crippen MR) is 120 cm³/mol. The molecule has 0 atom stereocenters. The Morgan fingerprint density at radius 1 is 0.900 bits per heavy atom. The first-order valence-corrected chi connectivity index (χ1v) is 10.2. The van der Waals surface area contributed by atoms with Crippen LogP contribution in [-0.4, -0.2) is 29.4 Å². The molecule has 2 aromatic carbocycles. The lowest BCUT2D eigenvalue weighted by atomic mass is 9.87. The van der Waals surface area contributed by atoms with Gasteiger partial charge in [-0.3, -0.25) is 0 Å². The maximum absolute atomic E-state index is 6.17. The molecule has 0 amide bonds. The van der Waals surface area contributed by atoms with E-state index >= 15 is 0 Å². The molecule has 0 unspecified atom stereocenters. The predicted octanol–water partition coefficient (Wildman–Crippen LogP) is 5.73. The number of nitrogens with zero attached hydrogens (tertiary/aromatic N) is 6. The molecule has 0 bridgehead atoms. The second kappa shape index (κ2) is 6.79. The fraction of sp³-hybridized carbons (Fsp3) is 0.182. The second-order valence-electron chi connectivity index (χ2n) is 8.17. The molecule has 0 aliphatic carbocycles. The van der Waals surface area contributed by atoms with Crippen molar-refractivity contribution in [3.8, 4) is 17.1 Å². The summed E-state index contributed by atoms with van der Waals surface area (Å²) in [5, 5.41) is 10.8. The number of aromatic nitrogens is 6. The van der Waals surface area contributed by atoms with Crippen molar-refractivity contribution >= 4 is 39.9 Å². The highest BCUT2D eigenvalue weighted by Gasteiger charge is 2.17. The molecular formula is C22H18Cl2N6. The zero-order valence-electron chi connectivity index (χ0n) is 16.6. The molecule has 0 aliphatic rings. The van der Waals surface area contributed by atoms with Gasteiger partial charge in [0, 0.05) is 5.56 Å². The van der Waals surface area contributed by atoms with Crippen molar-refractivity contribution in [1.29, 1.82) is 0 Å². The number of benzene rings is 2. The molecule has 30 heavy (non-hydrogen) atoms. The van der Waals surface area contributed by atoms with Crippen LogP contribution in [0.2, 0.25) is 10.0 Å². The van der Waals surface area contributed by atoms with Gasteiger partial charge in [-0.05, 0) is 29.2 Å². The van der Waals surface area contributed by atoms with Gasteiger partial charge >= 0.3 is 0 Å². The van der Waals surface area contributed by atoms with Crippen molar-refractivity contribution in [2.45, 2.75) is 26.2 Å². The van der Waals surface area contributed by atoms with Crippen LogP contribution in [0.15, 0.2) is 55.0 Å². The molecule has 0 N–H and O–H groups in total. The molecular weight excluding hydrogens is 419 g/mol. The summed E-state index contributed by atoms with van der Waals surface area (Å²) < 4.78 is 3.39. The van der Waals surface area contributed by atoms with Gasteiger partial charge in [-0.15, -0.1) is 5.10 Å². The third-order valence-corrected chi connectivity index (χ3v) is 5.80. The van der Waals surface area contributed by atoms with E-state index in [0.717, 1.165) is 16.6 Å². The van der Waals surface area contributed by atoms with Crippen molar-refractivity contribution in [3.63, 3.8) is 0 Å². The third-order valence-electron chi connectivity index (χ3n) is 5.06. The minimum absolute atomic E-state index is 0.0973. The minimum atomic E-state index is 0.0973. The van der Waals surface area contributed by atoms with Crippen LogP contribution in [0.5, 0.6) is 0 Å². The number of hydrogen-bond donors (Lipinski definition) is 0. The van der Waals surface area contributed by atoms with Crippen molar-refractivity contribution in [1.82, 2.24) is 29.4 Å². The lowest BCUT2D eigenvalue weighted by Gasteiger charge is -2.18. The zero-order valence-corrected chi connectivity index (χ0v) is 18.1. The van der Waals surface area contributed by atoms with Gasteiger partial charge in [-0.1, -0.05) is 68.2 Å². The second-order valence-corrected chi connectivity index (χ2v) is 8.98. The van der Waals surface area contributed by atoms with E-state index in [9.17, 15) is 0 Å². The molecule has 3 aromatic heterocycles. The molecule has 0 saturated carbocycles. The fourth-order valence-electron chi connectivity index (χ4n) is 3.37. The number of fused-ring (bicyclic) bond motifs is 3. The minimum Gasteiger partial charge on any atom is -0.216 e. The van der Waals surface area contributed by atoms with Crippen molar-refractivity contribution in [2.24, 2.45) is 0 Å². The molecule has 6 nitrogen and oxygen atoms in total. The Morgan fingerprint density at radius 3 is 2.37 bits per heavy atom. The Morgan fingerprint density at radius 2 is 1.67 bits per heavy atom. The topological polar surface area (TPSA) is 60.9 Å². The van der Waals surface area contributed by atoms with Gasteiger partial charge < -0.3 is 0 Å². The maximum Gasteiger partial charge on any atom is 0.182 e. The van der Waals surface area contributed by atoms with Crippen LogP contribution in [0, 0.1) is 0 Å². The van der Waals surface area contributed by atoms with Gasteiger partial charge in [-0.25, -0.2) is 19.2 Å².